The van der Waals surface area contributed by atoms with Crippen LogP contribution in [0.15, 0.2) is 6.20 Å². The van der Waals surface area contributed by atoms with Crippen molar-refractivity contribution >= 4 is 17.4 Å². The molecule has 1 atom stereocenters. The lowest BCUT2D eigenvalue weighted by molar-refractivity contribution is 0.0769. The molecule has 1 N–H and O–H groups in total. The Balaban J connectivity index is 2.06. The fraction of sp³-hybridized carbons (Fsp3) is 0.571. The van der Waals surface area contributed by atoms with Gasteiger partial charge in [-0.2, -0.15) is 0 Å². The lowest BCUT2D eigenvalue weighted by Gasteiger charge is -2.12. The van der Waals surface area contributed by atoms with E-state index in [2.05, 4.69) is 9.59 Å². The summed E-state index contributed by atoms with van der Waals surface area (Å²) >= 11 is 1.09. The summed E-state index contributed by atoms with van der Waals surface area (Å²) in [5, 5.41) is 12.8. The van der Waals surface area contributed by atoms with Gasteiger partial charge < -0.3 is 10.0 Å². The number of hydrogen-bond acceptors (Lipinski definition) is 5. The predicted octanol–water partition coefficient (Wildman–Crippen LogP) is -0.255. The number of amides is 1. The van der Waals surface area contributed by atoms with Crippen LogP contribution < -0.4 is 0 Å². The van der Waals surface area contributed by atoms with Gasteiger partial charge in [0.25, 0.3) is 5.91 Å². The molecule has 6 heteroatoms. The van der Waals surface area contributed by atoms with Crippen molar-refractivity contribution in [2.45, 2.75) is 12.5 Å². The zero-order valence-electron chi connectivity index (χ0n) is 6.88. The van der Waals surface area contributed by atoms with Crippen LogP contribution in [0.5, 0.6) is 0 Å². The van der Waals surface area contributed by atoms with Gasteiger partial charge in [0.1, 0.15) is 4.88 Å². The van der Waals surface area contributed by atoms with Crippen LogP contribution in [0.1, 0.15) is 16.1 Å². The number of aliphatic hydroxyl groups is 1. The van der Waals surface area contributed by atoms with E-state index < -0.39 is 0 Å². The molecule has 0 aromatic carbocycles. The Morgan fingerprint density at radius 1 is 1.77 bits per heavy atom. The second-order valence-electron chi connectivity index (χ2n) is 2.98. The zero-order valence-corrected chi connectivity index (χ0v) is 7.70. The minimum Gasteiger partial charge on any atom is -0.391 e. The first kappa shape index (κ1) is 8.58. The van der Waals surface area contributed by atoms with Crippen LogP contribution in [0.4, 0.5) is 0 Å². The zero-order chi connectivity index (χ0) is 9.26. The minimum absolute atomic E-state index is 0.0773. The Kier molecular flexibility index (Phi) is 2.24. The number of likely N-dealkylation sites (tertiary alicyclic amines) is 1. The van der Waals surface area contributed by atoms with Gasteiger partial charge in [0, 0.05) is 13.1 Å². The predicted molar refractivity (Wildman–Crippen MR) is 46.4 cm³/mol. The maximum atomic E-state index is 11.6. The van der Waals surface area contributed by atoms with Gasteiger partial charge in [0.15, 0.2) is 0 Å². The van der Waals surface area contributed by atoms with Crippen LogP contribution >= 0.6 is 11.5 Å². The third-order valence-electron chi connectivity index (χ3n) is 2.02. The summed E-state index contributed by atoms with van der Waals surface area (Å²) in [5.74, 6) is -0.0773. The monoisotopic (exact) mass is 199 g/mol. The molecule has 0 radical (unpaired) electrons. The number of nitrogens with zero attached hydrogens (tertiary/aromatic N) is 3. The average Bonchev–Trinajstić information content (AvgIpc) is 2.72. The third-order valence-corrected chi connectivity index (χ3v) is 2.68. The Morgan fingerprint density at radius 2 is 2.62 bits per heavy atom. The van der Waals surface area contributed by atoms with Crippen molar-refractivity contribution < 1.29 is 9.90 Å². The van der Waals surface area contributed by atoms with Crippen LogP contribution in [-0.2, 0) is 0 Å². The second kappa shape index (κ2) is 3.39. The molecular weight excluding hydrogens is 190 g/mol. The molecule has 0 aliphatic carbocycles. The maximum Gasteiger partial charge on any atom is 0.267 e. The van der Waals surface area contributed by atoms with E-state index in [9.17, 15) is 9.90 Å². The Bertz CT molecular complexity index is 301. The first-order chi connectivity index (χ1) is 6.27. The molecule has 0 bridgehead atoms. The van der Waals surface area contributed by atoms with Gasteiger partial charge in [-0.05, 0) is 18.0 Å². The van der Waals surface area contributed by atoms with Crippen LogP contribution in [0.3, 0.4) is 0 Å². The number of aromatic nitrogens is 2. The quantitative estimate of drug-likeness (QED) is 0.677. The van der Waals surface area contributed by atoms with Gasteiger partial charge in [0.05, 0.1) is 12.3 Å². The highest BCUT2D eigenvalue weighted by molar-refractivity contribution is 7.07. The molecule has 13 heavy (non-hydrogen) atoms. The fourth-order valence-electron chi connectivity index (χ4n) is 1.34. The average molecular weight is 199 g/mol. The highest BCUT2D eigenvalue weighted by atomic mass is 32.1. The number of β-amino-alcohol motifs (C(OH)–C–C–N with tert-alkyl or cyclic N) is 1. The molecule has 5 nitrogen and oxygen atoms in total. The second-order valence-corrected chi connectivity index (χ2v) is 3.76. The van der Waals surface area contributed by atoms with Crippen LogP contribution in [0, 0.1) is 0 Å². The van der Waals surface area contributed by atoms with Crippen molar-refractivity contribution in [3.05, 3.63) is 11.1 Å². The summed E-state index contributed by atoms with van der Waals surface area (Å²) in [6.45, 7) is 1.05. The lowest BCUT2D eigenvalue weighted by atomic mass is 10.3. The van der Waals surface area contributed by atoms with Crippen LogP contribution in [-0.4, -0.2) is 44.7 Å². The van der Waals surface area contributed by atoms with Gasteiger partial charge in [-0.3, -0.25) is 4.79 Å². The fourth-order valence-corrected chi connectivity index (χ4v) is 1.83. The molecule has 1 saturated heterocycles. The number of hydrogen-bond donors (Lipinski definition) is 1. The molecule has 2 heterocycles. The molecular formula is C7H9N3O2S. The summed E-state index contributed by atoms with van der Waals surface area (Å²) in [4.78, 5) is 13.8. The molecule has 1 aliphatic heterocycles. The molecule has 0 spiro atoms. The van der Waals surface area contributed by atoms with Crippen molar-refractivity contribution in [3.63, 3.8) is 0 Å². The molecule has 0 unspecified atom stereocenters. The van der Waals surface area contributed by atoms with Gasteiger partial charge in [0.2, 0.25) is 0 Å². The van der Waals surface area contributed by atoms with E-state index in [-0.39, 0.29) is 12.0 Å². The van der Waals surface area contributed by atoms with Crippen molar-refractivity contribution in [1.82, 2.24) is 14.5 Å². The van der Waals surface area contributed by atoms with E-state index in [1.165, 1.54) is 6.20 Å². The molecule has 1 aromatic heterocycles. The smallest absolute Gasteiger partial charge is 0.267 e. The normalized spacial score (nSPS) is 22.2. The standard InChI is InChI=1S/C7H9N3O2S/c11-5-1-2-10(4-5)7(12)6-3-8-9-13-6/h3,5,11H,1-2,4H2/t5-/m0/s1. The van der Waals surface area contributed by atoms with Crippen molar-refractivity contribution in [2.24, 2.45) is 0 Å². The van der Waals surface area contributed by atoms with E-state index in [1.54, 1.807) is 4.90 Å². The van der Waals surface area contributed by atoms with E-state index in [0.29, 0.717) is 24.4 Å². The molecule has 70 valence electrons. The number of carbonyl (C=O) groups is 1. The van der Waals surface area contributed by atoms with Crippen molar-refractivity contribution in [3.8, 4) is 0 Å². The summed E-state index contributed by atoms with van der Waals surface area (Å²) in [5.41, 5.74) is 0. The first-order valence-electron chi connectivity index (χ1n) is 4.02. The summed E-state index contributed by atoms with van der Waals surface area (Å²) in [6.07, 6.45) is 1.75. The summed E-state index contributed by atoms with van der Waals surface area (Å²) in [6, 6.07) is 0. The molecule has 0 saturated carbocycles. The minimum atomic E-state index is -0.371. The highest BCUT2D eigenvalue weighted by Gasteiger charge is 2.26. The largest absolute Gasteiger partial charge is 0.391 e. The molecule has 1 aliphatic rings. The first-order valence-corrected chi connectivity index (χ1v) is 4.79. The van der Waals surface area contributed by atoms with Gasteiger partial charge in [-0.15, -0.1) is 5.10 Å². The molecule has 1 fully saturated rings. The van der Waals surface area contributed by atoms with E-state index >= 15 is 0 Å². The van der Waals surface area contributed by atoms with Gasteiger partial charge in [-0.1, -0.05) is 4.49 Å². The molecule has 1 amide bonds. The highest BCUT2D eigenvalue weighted by Crippen LogP contribution is 2.14. The maximum absolute atomic E-state index is 11.6. The molecule has 2 rings (SSSR count). The SMILES string of the molecule is O=C(c1cnns1)N1CC[C@H](O)C1. The van der Waals surface area contributed by atoms with Crippen molar-refractivity contribution in [1.29, 1.82) is 0 Å². The van der Waals surface area contributed by atoms with Crippen molar-refractivity contribution in [2.75, 3.05) is 13.1 Å². The topological polar surface area (TPSA) is 66.3 Å². The number of aliphatic hydroxyl groups excluding tert-OH is 1. The van der Waals surface area contributed by atoms with E-state index in [1.807, 2.05) is 0 Å². The lowest BCUT2D eigenvalue weighted by Crippen LogP contribution is -2.28. The van der Waals surface area contributed by atoms with E-state index in [0.717, 1.165) is 11.5 Å². The van der Waals surface area contributed by atoms with Crippen LogP contribution in [0.25, 0.3) is 0 Å². The van der Waals surface area contributed by atoms with Crippen LogP contribution in [0.2, 0.25) is 0 Å². The van der Waals surface area contributed by atoms with E-state index in [4.69, 9.17) is 0 Å². The Labute approximate surface area is 79.2 Å². The third kappa shape index (κ3) is 1.68. The number of rotatable bonds is 1. The Morgan fingerprint density at radius 3 is 3.15 bits per heavy atom. The number of carbonyl (C=O) groups excluding carboxylic acids is 1. The van der Waals surface area contributed by atoms with Gasteiger partial charge >= 0.3 is 0 Å². The van der Waals surface area contributed by atoms with Gasteiger partial charge in [-0.25, -0.2) is 0 Å². The molecule has 1 aromatic rings. The summed E-state index contributed by atoms with van der Waals surface area (Å²) in [7, 11) is 0. The Hall–Kier alpha value is -1.01. The summed E-state index contributed by atoms with van der Waals surface area (Å²) < 4.78 is 3.62.